The summed E-state index contributed by atoms with van der Waals surface area (Å²) >= 11 is 0. The van der Waals surface area contributed by atoms with Crippen molar-refractivity contribution < 1.29 is 22.5 Å². The van der Waals surface area contributed by atoms with E-state index in [9.17, 15) is 18.0 Å². The third-order valence-electron chi connectivity index (χ3n) is 4.35. The number of aromatic nitrogens is 3. The molecule has 0 aliphatic heterocycles. The number of nitrogens with two attached hydrogens (primary N) is 2. The molecule has 0 aliphatic carbocycles. The lowest BCUT2D eigenvalue weighted by Gasteiger charge is -2.22. The molecular weight excluding hydrogens is 401 g/mol. The molecule has 152 valence electrons. The number of amides is 2. The van der Waals surface area contributed by atoms with Crippen molar-refractivity contribution in [1.82, 2.24) is 15.1 Å². The summed E-state index contributed by atoms with van der Waals surface area (Å²) in [5, 5.41) is 4.37. The van der Waals surface area contributed by atoms with E-state index in [1.807, 2.05) is 0 Å². The maximum Gasteiger partial charge on any atom is 0.416 e. The molecule has 0 saturated carbocycles. The Morgan fingerprint density at radius 2 is 1.77 bits per heavy atom. The number of carbonyl (C=O) groups is 1. The van der Waals surface area contributed by atoms with Gasteiger partial charge in [0.05, 0.1) is 16.9 Å². The summed E-state index contributed by atoms with van der Waals surface area (Å²) in [5.41, 5.74) is 11.8. The Morgan fingerprint density at radius 3 is 2.43 bits per heavy atom. The average molecular weight is 414 g/mol. The van der Waals surface area contributed by atoms with Gasteiger partial charge in [-0.1, -0.05) is 23.4 Å². The van der Waals surface area contributed by atoms with Crippen LogP contribution in [0.5, 0.6) is 0 Å². The van der Waals surface area contributed by atoms with E-state index in [2.05, 4.69) is 15.1 Å². The van der Waals surface area contributed by atoms with Gasteiger partial charge < -0.3 is 16.0 Å². The minimum absolute atomic E-state index is 0.0189. The predicted octanol–water partition coefficient (Wildman–Crippen LogP) is 4.10. The summed E-state index contributed by atoms with van der Waals surface area (Å²) in [6, 6.07) is 9.61. The van der Waals surface area contributed by atoms with Gasteiger partial charge in [-0.05, 0) is 30.3 Å². The number of anilines is 3. The zero-order valence-electron chi connectivity index (χ0n) is 15.1. The van der Waals surface area contributed by atoms with Crippen molar-refractivity contribution in [2.45, 2.75) is 6.18 Å². The maximum atomic E-state index is 13.0. The summed E-state index contributed by atoms with van der Waals surface area (Å²) < 4.78 is 44.2. The Balaban J connectivity index is 1.74. The molecular formula is C19H13F3N6O2. The zero-order valence-corrected chi connectivity index (χ0v) is 15.1. The Hall–Kier alpha value is -4.15. The highest BCUT2D eigenvalue weighted by Gasteiger charge is 2.31. The van der Waals surface area contributed by atoms with Gasteiger partial charge in [-0.15, -0.1) is 0 Å². The number of alkyl halides is 3. The van der Waals surface area contributed by atoms with Gasteiger partial charge in [0.2, 0.25) is 0 Å². The topological polar surface area (TPSA) is 124 Å². The second-order valence-corrected chi connectivity index (χ2v) is 6.24. The first kappa shape index (κ1) is 19.2. The molecule has 0 fully saturated rings. The second-order valence-electron chi connectivity index (χ2n) is 6.24. The molecule has 0 bridgehead atoms. The van der Waals surface area contributed by atoms with Crippen LogP contribution in [0.2, 0.25) is 0 Å². The molecule has 2 amide bonds. The fraction of sp³-hybridized carbons (Fsp3) is 0.0526. The van der Waals surface area contributed by atoms with Crippen molar-refractivity contribution in [3.63, 3.8) is 0 Å². The molecule has 0 radical (unpaired) electrons. The summed E-state index contributed by atoms with van der Waals surface area (Å²) in [5.74, 6) is 0.183. The van der Waals surface area contributed by atoms with E-state index in [4.69, 9.17) is 16.0 Å². The number of hydrogen-bond acceptors (Lipinski definition) is 6. The zero-order chi connectivity index (χ0) is 21.5. The number of benzene rings is 2. The van der Waals surface area contributed by atoms with E-state index in [1.54, 1.807) is 12.1 Å². The van der Waals surface area contributed by atoms with Gasteiger partial charge >= 0.3 is 12.2 Å². The van der Waals surface area contributed by atoms with Crippen molar-refractivity contribution in [3.8, 4) is 11.3 Å². The normalized spacial score (nSPS) is 11.6. The summed E-state index contributed by atoms with van der Waals surface area (Å²) in [6.07, 6.45) is -3.31. The number of halogens is 3. The van der Waals surface area contributed by atoms with Gasteiger partial charge in [0, 0.05) is 5.56 Å². The van der Waals surface area contributed by atoms with Crippen LogP contribution < -0.4 is 16.4 Å². The molecule has 0 spiro atoms. The number of hydrogen-bond donors (Lipinski definition) is 2. The lowest BCUT2D eigenvalue weighted by molar-refractivity contribution is -0.137. The standard InChI is InChI=1S/C19H13F3N6O2/c20-19(21,22)11-2-1-3-13(8-11)28(18(24)29)12-6-4-10(5-7-12)15-14-16(23)25-9-26-17(14)30-27-15/h1-9H,(H2,24,29)(H2,23,25,26). The van der Waals surface area contributed by atoms with E-state index >= 15 is 0 Å². The van der Waals surface area contributed by atoms with Gasteiger partial charge in [-0.3, -0.25) is 4.90 Å². The molecule has 0 atom stereocenters. The number of urea groups is 1. The van der Waals surface area contributed by atoms with Gasteiger partial charge in [-0.25, -0.2) is 9.78 Å². The van der Waals surface area contributed by atoms with Crippen LogP contribution in [0.15, 0.2) is 59.4 Å². The van der Waals surface area contributed by atoms with Crippen LogP contribution in [0.4, 0.5) is 35.2 Å². The highest BCUT2D eigenvalue weighted by Crippen LogP contribution is 2.35. The molecule has 2 aromatic carbocycles. The van der Waals surface area contributed by atoms with E-state index in [1.165, 1.54) is 30.6 Å². The highest BCUT2D eigenvalue weighted by molar-refractivity contribution is 6.00. The van der Waals surface area contributed by atoms with E-state index in [0.717, 1.165) is 17.0 Å². The van der Waals surface area contributed by atoms with Crippen LogP contribution in [-0.4, -0.2) is 21.2 Å². The van der Waals surface area contributed by atoms with Gasteiger partial charge in [0.25, 0.3) is 5.71 Å². The largest absolute Gasteiger partial charge is 0.416 e. The molecule has 2 heterocycles. The summed E-state index contributed by atoms with van der Waals surface area (Å²) in [6.45, 7) is 0. The van der Waals surface area contributed by atoms with Crippen LogP contribution in [-0.2, 0) is 6.18 Å². The molecule has 0 saturated heterocycles. The second kappa shape index (κ2) is 7.03. The molecule has 2 aromatic heterocycles. The first-order chi connectivity index (χ1) is 14.3. The van der Waals surface area contributed by atoms with E-state index < -0.39 is 17.8 Å². The molecule has 11 heteroatoms. The third-order valence-corrected chi connectivity index (χ3v) is 4.35. The molecule has 4 aromatic rings. The molecule has 8 nitrogen and oxygen atoms in total. The fourth-order valence-corrected chi connectivity index (χ4v) is 3.00. The van der Waals surface area contributed by atoms with Crippen LogP contribution in [0.3, 0.4) is 0 Å². The first-order valence-electron chi connectivity index (χ1n) is 8.49. The van der Waals surface area contributed by atoms with Crippen molar-refractivity contribution in [2.75, 3.05) is 10.6 Å². The Bertz CT molecular complexity index is 1240. The molecule has 30 heavy (non-hydrogen) atoms. The number of primary amides is 1. The van der Waals surface area contributed by atoms with Crippen LogP contribution >= 0.6 is 0 Å². The van der Waals surface area contributed by atoms with E-state index in [-0.39, 0.29) is 22.9 Å². The number of nitrogen functional groups attached to an aromatic ring is 1. The molecule has 4 rings (SSSR count). The Kier molecular flexibility index (Phi) is 4.49. The minimum Gasteiger partial charge on any atom is -0.383 e. The van der Waals surface area contributed by atoms with Crippen LogP contribution in [0, 0.1) is 0 Å². The molecule has 0 aliphatic rings. The van der Waals surface area contributed by atoms with Gasteiger partial charge in [0.15, 0.2) is 0 Å². The minimum atomic E-state index is -4.56. The smallest absolute Gasteiger partial charge is 0.383 e. The SMILES string of the molecule is NC(=O)N(c1ccc(-c2noc3ncnc(N)c23)cc1)c1cccc(C(F)(F)F)c1. The number of nitrogens with zero attached hydrogens (tertiary/aromatic N) is 4. The number of rotatable bonds is 3. The van der Waals surface area contributed by atoms with Crippen molar-refractivity contribution in [2.24, 2.45) is 5.73 Å². The average Bonchev–Trinajstić information content (AvgIpc) is 3.14. The van der Waals surface area contributed by atoms with Crippen LogP contribution in [0.1, 0.15) is 5.56 Å². The lowest BCUT2D eigenvalue weighted by atomic mass is 10.1. The molecule has 0 unspecified atom stereocenters. The first-order valence-corrected chi connectivity index (χ1v) is 8.49. The highest BCUT2D eigenvalue weighted by atomic mass is 19.4. The van der Waals surface area contributed by atoms with Crippen molar-refractivity contribution in [3.05, 3.63) is 60.4 Å². The molecule has 4 N–H and O–H groups in total. The monoisotopic (exact) mass is 414 g/mol. The number of carbonyl (C=O) groups excluding carboxylic acids is 1. The number of fused-ring (bicyclic) bond motifs is 1. The lowest BCUT2D eigenvalue weighted by Crippen LogP contribution is -2.31. The summed E-state index contributed by atoms with van der Waals surface area (Å²) in [4.78, 5) is 20.8. The fourth-order valence-electron chi connectivity index (χ4n) is 3.00. The van der Waals surface area contributed by atoms with Crippen LogP contribution in [0.25, 0.3) is 22.4 Å². The predicted molar refractivity (Wildman–Crippen MR) is 103 cm³/mol. The quantitative estimate of drug-likeness (QED) is 0.520. The van der Waals surface area contributed by atoms with Crippen molar-refractivity contribution >= 4 is 34.3 Å². The Morgan fingerprint density at radius 1 is 1.03 bits per heavy atom. The maximum absolute atomic E-state index is 13.0. The van der Waals surface area contributed by atoms with Gasteiger partial charge in [-0.2, -0.15) is 18.2 Å². The Labute approximate surface area is 166 Å². The third kappa shape index (κ3) is 3.36. The van der Waals surface area contributed by atoms with Crippen molar-refractivity contribution in [1.29, 1.82) is 0 Å². The van der Waals surface area contributed by atoms with E-state index in [0.29, 0.717) is 16.6 Å². The summed E-state index contributed by atoms with van der Waals surface area (Å²) in [7, 11) is 0. The van der Waals surface area contributed by atoms with Gasteiger partial charge in [0.1, 0.15) is 23.2 Å².